The predicted molar refractivity (Wildman–Crippen MR) is 116 cm³/mol. The third kappa shape index (κ3) is 6.63. The third-order valence-electron chi connectivity index (χ3n) is 3.94. The lowest BCUT2D eigenvalue weighted by Crippen LogP contribution is -2.35. The molecule has 6 nitrogen and oxygen atoms in total. The van der Waals surface area contributed by atoms with E-state index in [1.165, 1.54) is 6.92 Å². The Labute approximate surface area is 180 Å². The molecular weight excluding hydrogens is 425 g/mol. The summed E-state index contributed by atoms with van der Waals surface area (Å²) >= 11 is 5.89. The van der Waals surface area contributed by atoms with E-state index < -0.39 is 19.8 Å². The monoisotopic (exact) mass is 445 g/mol. The van der Waals surface area contributed by atoms with Crippen LogP contribution in [0.2, 0.25) is 5.02 Å². The van der Waals surface area contributed by atoms with Crippen LogP contribution in [0.15, 0.2) is 84.9 Å². The molecule has 0 aliphatic rings. The number of hydrogen-bond acceptors (Lipinski definition) is 5. The van der Waals surface area contributed by atoms with Crippen LogP contribution in [0.4, 0.5) is 0 Å². The lowest BCUT2D eigenvalue weighted by atomic mass is 10.2. The fourth-order valence-electron chi connectivity index (χ4n) is 2.47. The highest BCUT2D eigenvalue weighted by molar-refractivity contribution is 7.52. The number of para-hydroxylation sites is 1. The molecule has 0 unspecified atom stereocenters. The van der Waals surface area contributed by atoms with Gasteiger partial charge in [-0.05, 0) is 48.9 Å². The van der Waals surface area contributed by atoms with E-state index in [4.69, 9.17) is 25.4 Å². The molecule has 0 saturated carbocycles. The van der Waals surface area contributed by atoms with Crippen LogP contribution in [0.3, 0.4) is 0 Å². The van der Waals surface area contributed by atoms with Crippen molar-refractivity contribution in [1.29, 1.82) is 0 Å². The molecule has 3 aromatic carbocycles. The molecular formula is C22H21ClNO5P. The van der Waals surface area contributed by atoms with Gasteiger partial charge in [0.2, 0.25) is 0 Å². The molecule has 0 spiro atoms. The molecule has 156 valence electrons. The number of carbonyl (C=O) groups excluding carboxylic acids is 1. The zero-order valence-electron chi connectivity index (χ0n) is 16.2. The Morgan fingerprint density at radius 1 is 0.900 bits per heavy atom. The summed E-state index contributed by atoms with van der Waals surface area (Å²) < 4.78 is 29.9. The first-order valence-corrected chi connectivity index (χ1v) is 11.1. The maximum Gasteiger partial charge on any atom is 0.513 e. The number of nitrogens with one attached hydrogen (secondary N) is 1. The highest BCUT2D eigenvalue weighted by Crippen LogP contribution is 2.45. The second-order valence-corrected chi connectivity index (χ2v) is 8.45. The largest absolute Gasteiger partial charge is 0.513 e. The first-order valence-electron chi connectivity index (χ1n) is 9.22. The number of esters is 1. The van der Waals surface area contributed by atoms with E-state index in [9.17, 15) is 9.36 Å². The Morgan fingerprint density at radius 2 is 1.43 bits per heavy atom. The van der Waals surface area contributed by atoms with Crippen molar-refractivity contribution in [3.8, 4) is 11.5 Å². The molecule has 2 atom stereocenters. The van der Waals surface area contributed by atoms with Gasteiger partial charge in [-0.15, -0.1) is 0 Å². The molecule has 0 aromatic heterocycles. The SMILES string of the molecule is C[C@H](N[P@](=O)(Oc1ccccc1)Oc1ccc(Cl)cc1)C(=O)OCc1ccccc1. The van der Waals surface area contributed by atoms with Gasteiger partial charge in [0.25, 0.3) is 0 Å². The summed E-state index contributed by atoms with van der Waals surface area (Å²) in [5.41, 5.74) is 0.846. The van der Waals surface area contributed by atoms with E-state index in [1.54, 1.807) is 54.6 Å². The normalized spacial score (nSPS) is 13.7. The summed E-state index contributed by atoms with van der Waals surface area (Å²) in [6.07, 6.45) is 0. The lowest BCUT2D eigenvalue weighted by molar-refractivity contribution is -0.146. The first kappa shape index (κ1) is 21.9. The summed E-state index contributed by atoms with van der Waals surface area (Å²) in [6.45, 7) is 1.63. The number of hydrogen-bond donors (Lipinski definition) is 1. The van der Waals surface area contributed by atoms with Crippen LogP contribution in [0.5, 0.6) is 11.5 Å². The zero-order chi connectivity index (χ0) is 21.4. The van der Waals surface area contributed by atoms with E-state index >= 15 is 0 Å². The maximum absolute atomic E-state index is 13.4. The first-order chi connectivity index (χ1) is 14.4. The quantitative estimate of drug-likeness (QED) is 0.340. The molecule has 8 heteroatoms. The highest BCUT2D eigenvalue weighted by Gasteiger charge is 2.33. The van der Waals surface area contributed by atoms with Gasteiger partial charge in [0.1, 0.15) is 24.1 Å². The number of rotatable bonds is 9. The molecule has 0 amide bonds. The van der Waals surface area contributed by atoms with Crippen molar-refractivity contribution in [3.05, 3.63) is 95.5 Å². The van der Waals surface area contributed by atoms with Crippen molar-refractivity contribution < 1.29 is 23.1 Å². The van der Waals surface area contributed by atoms with E-state index in [1.807, 2.05) is 30.3 Å². The highest BCUT2D eigenvalue weighted by atomic mass is 35.5. The number of benzene rings is 3. The van der Waals surface area contributed by atoms with Crippen LogP contribution in [-0.4, -0.2) is 12.0 Å². The van der Waals surface area contributed by atoms with Gasteiger partial charge in [0.15, 0.2) is 0 Å². The molecule has 1 N–H and O–H groups in total. The lowest BCUT2D eigenvalue weighted by Gasteiger charge is -2.23. The van der Waals surface area contributed by atoms with E-state index in [0.717, 1.165) is 5.56 Å². The van der Waals surface area contributed by atoms with Crippen LogP contribution in [-0.2, 0) is 20.7 Å². The van der Waals surface area contributed by atoms with Gasteiger partial charge in [0.05, 0.1) is 0 Å². The Balaban J connectivity index is 1.71. The minimum absolute atomic E-state index is 0.105. The third-order valence-corrected chi connectivity index (χ3v) is 5.80. The van der Waals surface area contributed by atoms with Crippen LogP contribution < -0.4 is 14.1 Å². The van der Waals surface area contributed by atoms with Gasteiger partial charge in [-0.3, -0.25) is 4.79 Å². The fraction of sp³-hybridized carbons (Fsp3) is 0.136. The van der Waals surface area contributed by atoms with Gasteiger partial charge in [0, 0.05) is 5.02 Å². The average Bonchev–Trinajstić information content (AvgIpc) is 2.75. The molecule has 0 saturated heterocycles. The van der Waals surface area contributed by atoms with Crippen molar-refractivity contribution >= 4 is 25.3 Å². The summed E-state index contributed by atoms with van der Waals surface area (Å²) in [5, 5.41) is 3.15. The molecule has 3 aromatic rings. The Kier molecular flexibility index (Phi) is 7.52. The summed E-state index contributed by atoms with van der Waals surface area (Å²) in [6, 6.07) is 23.2. The fourth-order valence-corrected chi connectivity index (χ4v) is 4.12. The summed E-state index contributed by atoms with van der Waals surface area (Å²) in [5.74, 6) is 0.0126. The summed E-state index contributed by atoms with van der Waals surface area (Å²) in [4.78, 5) is 12.4. The molecule has 0 heterocycles. The van der Waals surface area contributed by atoms with Crippen LogP contribution in [0.25, 0.3) is 0 Å². The molecule has 3 rings (SSSR count). The minimum atomic E-state index is -3.98. The second-order valence-electron chi connectivity index (χ2n) is 6.39. The number of carbonyl (C=O) groups is 1. The number of ether oxygens (including phenoxy) is 1. The maximum atomic E-state index is 13.4. The Bertz CT molecular complexity index is 999. The summed E-state index contributed by atoms with van der Waals surface area (Å²) in [7, 11) is -3.98. The van der Waals surface area contributed by atoms with Crippen LogP contribution >= 0.6 is 19.3 Å². The smallest absolute Gasteiger partial charge is 0.460 e. The average molecular weight is 446 g/mol. The number of halogens is 1. The van der Waals surface area contributed by atoms with E-state index in [-0.39, 0.29) is 12.4 Å². The van der Waals surface area contributed by atoms with Gasteiger partial charge in [-0.1, -0.05) is 60.1 Å². The molecule has 30 heavy (non-hydrogen) atoms. The van der Waals surface area contributed by atoms with E-state index in [0.29, 0.717) is 10.8 Å². The van der Waals surface area contributed by atoms with Crippen LogP contribution in [0.1, 0.15) is 12.5 Å². The second kappa shape index (κ2) is 10.3. The van der Waals surface area contributed by atoms with Gasteiger partial charge in [-0.2, -0.15) is 5.09 Å². The molecule has 0 radical (unpaired) electrons. The van der Waals surface area contributed by atoms with Gasteiger partial charge >= 0.3 is 13.7 Å². The topological polar surface area (TPSA) is 73.9 Å². The van der Waals surface area contributed by atoms with Crippen molar-refractivity contribution in [1.82, 2.24) is 5.09 Å². The predicted octanol–water partition coefficient (Wildman–Crippen LogP) is 5.63. The standard InChI is InChI=1S/C22H21ClNO5P/c1-17(22(25)27-16-18-8-4-2-5-9-18)24-30(26,28-20-10-6-3-7-11-20)29-21-14-12-19(23)13-15-21/h2-15,17H,16H2,1H3,(H,24,26)/t17-,30-/m0/s1. The van der Waals surface area contributed by atoms with Crippen molar-refractivity contribution in [2.75, 3.05) is 0 Å². The van der Waals surface area contributed by atoms with Crippen LogP contribution in [0, 0.1) is 0 Å². The van der Waals surface area contributed by atoms with Crippen molar-refractivity contribution in [3.63, 3.8) is 0 Å². The zero-order valence-corrected chi connectivity index (χ0v) is 17.9. The molecule has 0 aliphatic carbocycles. The van der Waals surface area contributed by atoms with E-state index in [2.05, 4.69) is 5.09 Å². The Morgan fingerprint density at radius 3 is 2.03 bits per heavy atom. The molecule has 0 fully saturated rings. The Hall–Kier alpha value is -2.79. The van der Waals surface area contributed by atoms with Gasteiger partial charge in [-0.25, -0.2) is 4.57 Å². The van der Waals surface area contributed by atoms with Crippen molar-refractivity contribution in [2.45, 2.75) is 19.6 Å². The molecule has 0 bridgehead atoms. The van der Waals surface area contributed by atoms with Gasteiger partial charge < -0.3 is 13.8 Å². The minimum Gasteiger partial charge on any atom is -0.460 e. The molecule has 0 aliphatic heterocycles. The van der Waals surface area contributed by atoms with Crippen molar-refractivity contribution in [2.24, 2.45) is 0 Å².